The van der Waals surface area contributed by atoms with Gasteiger partial charge in [0, 0.05) is 12.2 Å². The molecule has 0 spiro atoms. The number of anilines is 2. The van der Waals surface area contributed by atoms with Gasteiger partial charge >= 0.3 is 0 Å². The molecule has 5 nitrogen and oxygen atoms in total. The predicted octanol–water partition coefficient (Wildman–Crippen LogP) is 4.27. The van der Waals surface area contributed by atoms with Gasteiger partial charge in [-0.05, 0) is 57.4 Å². The smallest absolute Gasteiger partial charge is 0.249 e. The molecule has 1 amide bonds. The quantitative estimate of drug-likeness (QED) is 0.742. The van der Waals surface area contributed by atoms with Crippen LogP contribution in [0.15, 0.2) is 54.6 Å². The summed E-state index contributed by atoms with van der Waals surface area (Å²) in [4.78, 5) is 15.1. The van der Waals surface area contributed by atoms with Crippen LogP contribution < -0.4 is 10.2 Å². The van der Waals surface area contributed by atoms with E-state index in [0.717, 1.165) is 47.8 Å². The molecular formula is C23H26N4O. The number of nitrogens with one attached hydrogen (secondary N) is 1. The molecule has 2 aromatic carbocycles. The van der Waals surface area contributed by atoms with Crippen molar-refractivity contribution < 1.29 is 4.79 Å². The molecule has 0 saturated heterocycles. The number of carbonyl (C=O) groups is 1. The van der Waals surface area contributed by atoms with E-state index in [1.165, 1.54) is 5.56 Å². The van der Waals surface area contributed by atoms with Crippen molar-refractivity contribution in [2.75, 3.05) is 16.8 Å². The summed E-state index contributed by atoms with van der Waals surface area (Å²) >= 11 is 0. The van der Waals surface area contributed by atoms with Gasteiger partial charge in [-0.2, -0.15) is 5.10 Å². The molecule has 0 bridgehead atoms. The van der Waals surface area contributed by atoms with Crippen molar-refractivity contribution in [3.63, 3.8) is 0 Å². The second-order valence-electron chi connectivity index (χ2n) is 7.38. The van der Waals surface area contributed by atoms with Crippen LogP contribution >= 0.6 is 0 Å². The van der Waals surface area contributed by atoms with Crippen LogP contribution in [-0.4, -0.2) is 28.3 Å². The van der Waals surface area contributed by atoms with E-state index in [4.69, 9.17) is 0 Å². The topological polar surface area (TPSA) is 50.2 Å². The Labute approximate surface area is 166 Å². The van der Waals surface area contributed by atoms with E-state index in [9.17, 15) is 4.79 Å². The summed E-state index contributed by atoms with van der Waals surface area (Å²) in [6, 6.07) is 17.9. The van der Waals surface area contributed by atoms with Crippen molar-refractivity contribution in [2.45, 2.75) is 39.7 Å². The van der Waals surface area contributed by atoms with E-state index < -0.39 is 0 Å². The number of aromatic nitrogens is 2. The molecule has 1 aliphatic heterocycles. The summed E-state index contributed by atoms with van der Waals surface area (Å²) in [6.45, 7) is 6.70. The van der Waals surface area contributed by atoms with Gasteiger partial charge in [0.15, 0.2) is 0 Å². The summed E-state index contributed by atoms with van der Waals surface area (Å²) in [7, 11) is 0. The highest BCUT2D eigenvalue weighted by atomic mass is 16.2. The number of para-hydroxylation sites is 2. The van der Waals surface area contributed by atoms with Gasteiger partial charge in [-0.15, -0.1) is 0 Å². The maximum atomic E-state index is 13.2. The summed E-state index contributed by atoms with van der Waals surface area (Å²) in [5.41, 5.74) is 6.12. The number of carbonyl (C=O) groups excluding carboxylic acids is 1. The lowest BCUT2D eigenvalue weighted by molar-refractivity contribution is -0.119. The Balaban J connectivity index is 1.57. The van der Waals surface area contributed by atoms with E-state index in [2.05, 4.69) is 16.5 Å². The molecule has 0 fully saturated rings. The van der Waals surface area contributed by atoms with E-state index >= 15 is 0 Å². The summed E-state index contributed by atoms with van der Waals surface area (Å²) < 4.78 is 1.92. The minimum atomic E-state index is -0.336. The van der Waals surface area contributed by atoms with Crippen LogP contribution in [0.4, 0.5) is 11.4 Å². The first-order valence-electron chi connectivity index (χ1n) is 9.83. The first-order chi connectivity index (χ1) is 13.6. The number of rotatable bonds is 4. The van der Waals surface area contributed by atoms with E-state index in [0.29, 0.717) is 0 Å². The fourth-order valence-corrected chi connectivity index (χ4v) is 3.95. The largest absolute Gasteiger partial charge is 0.371 e. The maximum absolute atomic E-state index is 13.2. The van der Waals surface area contributed by atoms with Gasteiger partial charge in [0.05, 0.1) is 22.8 Å². The van der Waals surface area contributed by atoms with Crippen LogP contribution in [0, 0.1) is 13.8 Å². The maximum Gasteiger partial charge on any atom is 0.249 e. The average Bonchev–Trinajstić information content (AvgIpc) is 3.01. The Morgan fingerprint density at radius 1 is 1.07 bits per heavy atom. The van der Waals surface area contributed by atoms with Crippen LogP contribution in [0.25, 0.3) is 5.69 Å². The number of aryl methyl sites for hydroxylation is 2. The second kappa shape index (κ2) is 7.50. The standard InChI is InChI=1S/C23H26N4O/c1-16-22(18(3)27(25-16)20-12-5-4-6-13-20)24-17(2)23(28)26-15-9-11-19-10-7-8-14-21(19)26/h4-8,10,12-14,17,24H,9,11,15H2,1-3H3. The van der Waals surface area contributed by atoms with Gasteiger partial charge in [0.1, 0.15) is 6.04 Å². The SMILES string of the molecule is Cc1nn(-c2ccccc2)c(C)c1NC(C)C(=O)N1CCCc2ccccc21. The number of hydrogen-bond acceptors (Lipinski definition) is 3. The predicted molar refractivity (Wildman–Crippen MR) is 113 cm³/mol. The van der Waals surface area contributed by atoms with Gasteiger partial charge in [0.2, 0.25) is 5.91 Å². The van der Waals surface area contributed by atoms with Gasteiger partial charge < -0.3 is 10.2 Å². The van der Waals surface area contributed by atoms with Crippen LogP contribution in [-0.2, 0) is 11.2 Å². The number of fused-ring (bicyclic) bond motifs is 1. The molecule has 1 aliphatic rings. The lowest BCUT2D eigenvalue weighted by atomic mass is 10.0. The highest BCUT2D eigenvalue weighted by molar-refractivity contribution is 5.99. The van der Waals surface area contributed by atoms with E-state index in [1.807, 2.05) is 78.9 Å². The average molecular weight is 374 g/mol. The number of amides is 1. The molecule has 1 N–H and O–H groups in total. The zero-order valence-electron chi connectivity index (χ0n) is 16.6. The normalized spacial score (nSPS) is 14.5. The van der Waals surface area contributed by atoms with E-state index in [1.54, 1.807) is 0 Å². The van der Waals surface area contributed by atoms with Crippen LogP contribution in [0.3, 0.4) is 0 Å². The van der Waals surface area contributed by atoms with E-state index in [-0.39, 0.29) is 11.9 Å². The molecule has 0 aliphatic carbocycles. The summed E-state index contributed by atoms with van der Waals surface area (Å²) in [6.07, 6.45) is 2.03. The van der Waals surface area contributed by atoms with Gasteiger partial charge in [-0.3, -0.25) is 4.79 Å². The van der Waals surface area contributed by atoms with Crippen molar-refractivity contribution in [1.82, 2.24) is 9.78 Å². The molecular weight excluding hydrogens is 348 g/mol. The molecule has 1 unspecified atom stereocenters. The number of benzene rings is 2. The second-order valence-corrected chi connectivity index (χ2v) is 7.38. The highest BCUT2D eigenvalue weighted by Gasteiger charge is 2.27. The first-order valence-corrected chi connectivity index (χ1v) is 9.83. The van der Waals surface area contributed by atoms with Gasteiger partial charge in [-0.1, -0.05) is 36.4 Å². The Bertz CT molecular complexity index is 993. The van der Waals surface area contributed by atoms with Crippen molar-refractivity contribution in [2.24, 2.45) is 0 Å². The van der Waals surface area contributed by atoms with Crippen LogP contribution in [0.2, 0.25) is 0 Å². The van der Waals surface area contributed by atoms with Crippen molar-refractivity contribution in [3.8, 4) is 5.69 Å². The van der Waals surface area contributed by atoms with Crippen molar-refractivity contribution in [3.05, 3.63) is 71.5 Å². The minimum Gasteiger partial charge on any atom is -0.371 e. The zero-order valence-corrected chi connectivity index (χ0v) is 16.6. The Hall–Kier alpha value is -3.08. The van der Waals surface area contributed by atoms with Gasteiger partial charge in [0.25, 0.3) is 0 Å². The summed E-state index contributed by atoms with van der Waals surface area (Å²) in [5.74, 6) is 0.0958. The van der Waals surface area contributed by atoms with Gasteiger partial charge in [-0.25, -0.2) is 4.68 Å². The molecule has 2 heterocycles. The molecule has 28 heavy (non-hydrogen) atoms. The minimum absolute atomic E-state index is 0.0958. The highest BCUT2D eigenvalue weighted by Crippen LogP contribution is 2.28. The Morgan fingerprint density at radius 2 is 1.79 bits per heavy atom. The van der Waals surface area contributed by atoms with Crippen molar-refractivity contribution >= 4 is 17.3 Å². The zero-order chi connectivity index (χ0) is 19.7. The molecule has 144 valence electrons. The summed E-state index contributed by atoms with van der Waals surface area (Å²) in [5, 5.41) is 8.09. The third kappa shape index (κ3) is 3.28. The van der Waals surface area contributed by atoms with Crippen molar-refractivity contribution in [1.29, 1.82) is 0 Å². The molecule has 1 aromatic heterocycles. The lowest BCUT2D eigenvalue weighted by Crippen LogP contribution is -2.44. The van der Waals surface area contributed by atoms with Crippen LogP contribution in [0.1, 0.15) is 30.3 Å². The molecule has 0 radical (unpaired) electrons. The fraction of sp³-hybridized carbons (Fsp3) is 0.304. The Kier molecular flexibility index (Phi) is 4.90. The lowest BCUT2D eigenvalue weighted by Gasteiger charge is -2.32. The Morgan fingerprint density at radius 3 is 2.57 bits per heavy atom. The molecule has 3 aromatic rings. The molecule has 4 rings (SSSR count). The number of hydrogen-bond donors (Lipinski definition) is 1. The molecule has 5 heteroatoms. The monoisotopic (exact) mass is 374 g/mol. The fourth-order valence-electron chi connectivity index (χ4n) is 3.95. The first kappa shape index (κ1) is 18.3. The third-order valence-corrected chi connectivity index (χ3v) is 5.40. The van der Waals surface area contributed by atoms with Crippen LogP contribution in [0.5, 0.6) is 0 Å². The third-order valence-electron chi connectivity index (χ3n) is 5.40. The molecule has 1 atom stereocenters. The molecule has 0 saturated carbocycles. The number of nitrogens with zero attached hydrogens (tertiary/aromatic N) is 3.